The standard InChI is InChI=1S/C19H22N2O/c1-21(2)16-9-7-13(8-10-16)19-20-18-15(12-22-19)11-14-5-3-4-6-17(14)18/h3-10,15,18-20H,11-12H2,1-2H3/t15-,18+,19+/m1/s1. The molecule has 2 aromatic rings. The van der Waals surface area contributed by atoms with Crippen LogP contribution in [0.5, 0.6) is 0 Å². The number of nitrogens with one attached hydrogen (secondary N) is 1. The third kappa shape index (κ3) is 2.31. The van der Waals surface area contributed by atoms with Crippen molar-refractivity contribution in [3.05, 3.63) is 65.2 Å². The van der Waals surface area contributed by atoms with E-state index in [1.165, 1.54) is 22.4 Å². The normalized spacial score (nSPS) is 26.4. The Morgan fingerprint density at radius 3 is 2.59 bits per heavy atom. The maximum Gasteiger partial charge on any atom is 0.134 e. The highest BCUT2D eigenvalue weighted by molar-refractivity contribution is 5.46. The van der Waals surface area contributed by atoms with Crippen molar-refractivity contribution in [2.45, 2.75) is 18.7 Å². The molecule has 3 heteroatoms. The molecule has 3 nitrogen and oxygen atoms in total. The summed E-state index contributed by atoms with van der Waals surface area (Å²) >= 11 is 0. The van der Waals surface area contributed by atoms with Crippen molar-refractivity contribution < 1.29 is 4.74 Å². The van der Waals surface area contributed by atoms with Gasteiger partial charge in [0.1, 0.15) is 6.23 Å². The summed E-state index contributed by atoms with van der Waals surface area (Å²) in [7, 11) is 4.12. The second-order valence-corrected chi connectivity index (χ2v) is 6.51. The van der Waals surface area contributed by atoms with Crippen LogP contribution in [0.4, 0.5) is 5.69 Å². The number of hydrogen-bond donors (Lipinski definition) is 1. The summed E-state index contributed by atoms with van der Waals surface area (Å²) in [6.45, 7) is 0.826. The molecule has 0 amide bonds. The average molecular weight is 294 g/mol. The molecule has 1 N–H and O–H groups in total. The van der Waals surface area contributed by atoms with Gasteiger partial charge >= 0.3 is 0 Å². The van der Waals surface area contributed by atoms with Crippen LogP contribution in [-0.4, -0.2) is 20.7 Å². The van der Waals surface area contributed by atoms with Crippen LogP contribution in [0.3, 0.4) is 0 Å². The number of rotatable bonds is 2. The lowest BCUT2D eigenvalue weighted by Crippen LogP contribution is -2.39. The molecule has 3 atom stereocenters. The predicted octanol–water partition coefficient (Wildman–Crippen LogP) is 3.28. The van der Waals surface area contributed by atoms with Gasteiger partial charge in [0, 0.05) is 31.7 Å². The summed E-state index contributed by atoms with van der Waals surface area (Å²) in [5.41, 5.74) is 5.33. The summed E-state index contributed by atoms with van der Waals surface area (Å²) in [6, 6.07) is 17.8. The minimum Gasteiger partial charge on any atom is -0.378 e. The van der Waals surface area contributed by atoms with Gasteiger partial charge in [-0.2, -0.15) is 0 Å². The number of hydrogen-bond acceptors (Lipinski definition) is 3. The number of ether oxygens (including phenoxy) is 1. The molecule has 1 saturated heterocycles. The fourth-order valence-electron chi connectivity index (χ4n) is 3.63. The minimum atomic E-state index is -0.0105. The quantitative estimate of drug-likeness (QED) is 0.920. The smallest absolute Gasteiger partial charge is 0.134 e. The summed E-state index contributed by atoms with van der Waals surface area (Å²) in [5.74, 6) is 0.565. The van der Waals surface area contributed by atoms with Gasteiger partial charge in [0.25, 0.3) is 0 Å². The topological polar surface area (TPSA) is 24.5 Å². The second kappa shape index (κ2) is 5.41. The Hall–Kier alpha value is -1.84. The fraction of sp³-hybridized carbons (Fsp3) is 0.368. The lowest BCUT2D eigenvalue weighted by Gasteiger charge is -2.34. The first kappa shape index (κ1) is 13.8. The zero-order valence-electron chi connectivity index (χ0n) is 13.1. The van der Waals surface area contributed by atoms with Crippen LogP contribution in [0.25, 0.3) is 0 Å². The second-order valence-electron chi connectivity index (χ2n) is 6.51. The van der Waals surface area contributed by atoms with E-state index in [9.17, 15) is 0 Å². The molecule has 0 saturated carbocycles. The average Bonchev–Trinajstić information content (AvgIpc) is 2.92. The van der Waals surface area contributed by atoms with Gasteiger partial charge < -0.3 is 9.64 Å². The lowest BCUT2D eigenvalue weighted by molar-refractivity contribution is -0.0494. The van der Waals surface area contributed by atoms with Crippen molar-refractivity contribution in [2.24, 2.45) is 5.92 Å². The molecule has 0 bridgehead atoms. The van der Waals surface area contributed by atoms with E-state index in [2.05, 4.69) is 72.8 Å². The van der Waals surface area contributed by atoms with Crippen molar-refractivity contribution in [1.29, 1.82) is 0 Å². The highest BCUT2D eigenvalue weighted by Gasteiger charge is 2.37. The van der Waals surface area contributed by atoms with E-state index in [1.807, 2.05) is 0 Å². The van der Waals surface area contributed by atoms with Crippen molar-refractivity contribution in [2.75, 3.05) is 25.6 Å². The maximum atomic E-state index is 6.08. The molecule has 2 aromatic carbocycles. The number of benzene rings is 2. The minimum absolute atomic E-state index is 0.0105. The van der Waals surface area contributed by atoms with Gasteiger partial charge in [-0.1, -0.05) is 36.4 Å². The van der Waals surface area contributed by atoms with Gasteiger partial charge in [0.15, 0.2) is 0 Å². The van der Waals surface area contributed by atoms with Crippen LogP contribution >= 0.6 is 0 Å². The SMILES string of the molecule is CN(C)c1ccc([C@H]2N[C@@H]3c4ccccc4C[C@@H]3CO2)cc1. The summed E-state index contributed by atoms with van der Waals surface area (Å²) < 4.78 is 6.08. The van der Waals surface area contributed by atoms with E-state index in [1.54, 1.807) is 0 Å². The van der Waals surface area contributed by atoms with Crippen LogP contribution in [0.15, 0.2) is 48.5 Å². The maximum absolute atomic E-state index is 6.08. The molecule has 2 aliphatic rings. The van der Waals surface area contributed by atoms with E-state index in [-0.39, 0.29) is 6.23 Å². The third-order valence-corrected chi connectivity index (χ3v) is 4.86. The Morgan fingerprint density at radius 1 is 1.05 bits per heavy atom. The highest BCUT2D eigenvalue weighted by Crippen LogP contribution is 2.41. The monoisotopic (exact) mass is 294 g/mol. The van der Waals surface area contributed by atoms with Gasteiger partial charge in [-0.3, -0.25) is 5.32 Å². The van der Waals surface area contributed by atoms with Gasteiger partial charge in [-0.15, -0.1) is 0 Å². The number of nitrogens with zero attached hydrogens (tertiary/aromatic N) is 1. The van der Waals surface area contributed by atoms with Crippen molar-refractivity contribution in [3.63, 3.8) is 0 Å². The van der Waals surface area contributed by atoms with Crippen LogP contribution in [0.1, 0.15) is 29.0 Å². The molecule has 1 heterocycles. The van der Waals surface area contributed by atoms with Crippen LogP contribution in [0.2, 0.25) is 0 Å². The Balaban J connectivity index is 1.56. The van der Waals surface area contributed by atoms with Crippen LogP contribution in [-0.2, 0) is 11.2 Å². The van der Waals surface area contributed by atoms with Crippen molar-refractivity contribution >= 4 is 5.69 Å². The zero-order chi connectivity index (χ0) is 15.1. The van der Waals surface area contributed by atoms with E-state index >= 15 is 0 Å². The molecule has 1 aliphatic heterocycles. The fourth-order valence-corrected chi connectivity index (χ4v) is 3.63. The Kier molecular flexibility index (Phi) is 3.40. The van der Waals surface area contributed by atoms with Gasteiger partial charge in [-0.25, -0.2) is 0 Å². The van der Waals surface area contributed by atoms with Gasteiger partial charge in [-0.05, 0) is 35.2 Å². The Morgan fingerprint density at radius 2 is 1.82 bits per heavy atom. The van der Waals surface area contributed by atoms with Crippen LogP contribution < -0.4 is 10.2 Å². The van der Waals surface area contributed by atoms with Crippen LogP contribution in [0, 0.1) is 5.92 Å². The first-order valence-corrected chi connectivity index (χ1v) is 7.95. The number of fused-ring (bicyclic) bond motifs is 3. The van der Waals surface area contributed by atoms with Crippen molar-refractivity contribution in [3.8, 4) is 0 Å². The molecule has 114 valence electrons. The zero-order valence-corrected chi connectivity index (χ0v) is 13.1. The lowest BCUT2D eigenvalue weighted by atomic mass is 9.98. The first-order valence-electron chi connectivity index (χ1n) is 7.95. The predicted molar refractivity (Wildman–Crippen MR) is 89.0 cm³/mol. The van der Waals surface area contributed by atoms with E-state index < -0.39 is 0 Å². The largest absolute Gasteiger partial charge is 0.378 e. The summed E-state index contributed by atoms with van der Waals surface area (Å²) in [6.07, 6.45) is 1.11. The molecule has 22 heavy (non-hydrogen) atoms. The highest BCUT2D eigenvalue weighted by atomic mass is 16.5. The molecule has 1 fully saturated rings. The Bertz CT molecular complexity index is 665. The summed E-state index contributed by atoms with van der Waals surface area (Å²) in [4.78, 5) is 2.11. The molecule has 0 radical (unpaired) electrons. The molecule has 0 aromatic heterocycles. The van der Waals surface area contributed by atoms with Gasteiger partial charge in [0.05, 0.1) is 6.61 Å². The molecular formula is C19H22N2O. The molecule has 1 aliphatic carbocycles. The van der Waals surface area contributed by atoms with Crippen molar-refractivity contribution in [1.82, 2.24) is 5.32 Å². The third-order valence-electron chi connectivity index (χ3n) is 4.86. The van der Waals surface area contributed by atoms with E-state index in [0.29, 0.717) is 12.0 Å². The summed E-state index contributed by atoms with van der Waals surface area (Å²) in [5, 5.41) is 3.70. The number of anilines is 1. The van der Waals surface area contributed by atoms with E-state index in [4.69, 9.17) is 4.74 Å². The first-order chi connectivity index (χ1) is 10.7. The molecule has 0 spiro atoms. The van der Waals surface area contributed by atoms with E-state index in [0.717, 1.165) is 13.0 Å². The molecule has 0 unspecified atom stereocenters. The molecular weight excluding hydrogens is 272 g/mol. The van der Waals surface area contributed by atoms with Gasteiger partial charge in [0.2, 0.25) is 0 Å². The molecule has 4 rings (SSSR count). The Labute approximate surface area is 131 Å².